The maximum Gasteiger partial charge on any atom is 0.277 e. The van der Waals surface area contributed by atoms with Gasteiger partial charge in [0.2, 0.25) is 0 Å². The van der Waals surface area contributed by atoms with Crippen LogP contribution in [0.3, 0.4) is 0 Å². The van der Waals surface area contributed by atoms with Crippen molar-refractivity contribution in [2.45, 2.75) is 6.92 Å². The number of halogens is 1. The Labute approximate surface area is 126 Å². The summed E-state index contributed by atoms with van der Waals surface area (Å²) in [6.45, 7) is 1.88. The number of ether oxygens (including phenoxy) is 1. The van der Waals surface area contributed by atoms with E-state index < -0.39 is 0 Å². The summed E-state index contributed by atoms with van der Waals surface area (Å²) in [4.78, 5) is 13.7. The van der Waals surface area contributed by atoms with E-state index in [1.54, 1.807) is 41.8 Å². The normalized spacial score (nSPS) is 10.7. The van der Waals surface area contributed by atoms with Gasteiger partial charge in [0.1, 0.15) is 5.75 Å². The topological polar surface area (TPSA) is 50.7 Å². The predicted molar refractivity (Wildman–Crippen MR) is 81.7 cm³/mol. The van der Waals surface area contributed by atoms with E-state index in [-0.39, 0.29) is 12.5 Å². The molecule has 0 saturated carbocycles. The molecule has 0 saturated heterocycles. The molecule has 2 aromatic rings. The van der Waals surface area contributed by atoms with Gasteiger partial charge in [0.25, 0.3) is 5.91 Å². The van der Waals surface area contributed by atoms with Crippen LogP contribution in [-0.4, -0.2) is 18.7 Å². The Kier molecular flexibility index (Phi) is 5.15. The Bertz CT molecular complexity index is 625. The van der Waals surface area contributed by atoms with Crippen LogP contribution in [0.2, 0.25) is 5.02 Å². The molecule has 1 heterocycles. The second-order valence-corrected chi connectivity index (χ2v) is 5.69. The highest BCUT2D eigenvalue weighted by molar-refractivity contribution is 7.13. The van der Waals surface area contributed by atoms with Gasteiger partial charge in [-0.15, -0.1) is 11.3 Å². The third-order valence-electron chi connectivity index (χ3n) is 2.34. The molecule has 0 spiro atoms. The monoisotopic (exact) mass is 308 g/mol. The zero-order valence-electron chi connectivity index (χ0n) is 10.8. The van der Waals surface area contributed by atoms with Crippen molar-refractivity contribution in [1.82, 2.24) is 5.43 Å². The van der Waals surface area contributed by atoms with Gasteiger partial charge in [-0.3, -0.25) is 4.79 Å². The summed E-state index contributed by atoms with van der Waals surface area (Å²) in [5.41, 5.74) is 2.40. The van der Waals surface area contributed by atoms with Crippen molar-refractivity contribution in [2.24, 2.45) is 5.10 Å². The fourth-order valence-electron chi connectivity index (χ4n) is 1.43. The van der Waals surface area contributed by atoms with E-state index >= 15 is 0 Å². The Hall–Kier alpha value is -1.85. The molecule has 1 aromatic heterocycles. The Morgan fingerprint density at radius 2 is 2.20 bits per heavy atom. The van der Waals surface area contributed by atoms with Crippen LogP contribution in [0.25, 0.3) is 0 Å². The molecule has 20 heavy (non-hydrogen) atoms. The lowest BCUT2D eigenvalue weighted by molar-refractivity contribution is -0.123. The first-order chi connectivity index (χ1) is 9.65. The van der Waals surface area contributed by atoms with Crippen LogP contribution >= 0.6 is 22.9 Å². The molecule has 1 amide bonds. The van der Waals surface area contributed by atoms with Crippen molar-refractivity contribution in [3.8, 4) is 5.75 Å². The minimum atomic E-state index is -0.338. The number of para-hydroxylation sites is 1. The number of nitrogens with zero attached hydrogens (tertiary/aromatic N) is 1. The SMILES string of the molecule is Cc1ccc(C=NNC(=O)COc2ccccc2Cl)s1. The summed E-state index contributed by atoms with van der Waals surface area (Å²) in [5, 5.41) is 4.33. The maximum atomic E-state index is 11.5. The number of aryl methyl sites for hydroxylation is 1. The first-order valence-corrected chi connectivity index (χ1v) is 7.10. The quantitative estimate of drug-likeness (QED) is 0.681. The minimum Gasteiger partial charge on any atom is -0.482 e. The molecule has 0 atom stereocenters. The molecule has 0 bridgehead atoms. The van der Waals surface area contributed by atoms with Gasteiger partial charge >= 0.3 is 0 Å². The van der Waals surface area contributed by atoms with Gasteiger partial charge in [0.05, 0.1) is 11.2 Å². The average Bonchev–Trinajstić information content (AvgIpc) is 2.83. The molecule has 1 aromatic carbocycles. The number of benzene rings is 1. The van der Waals surface area contributed by atoms with E-state index in [1.165, 1.54) is 4.88 Å². The van der Waals surface area contributed by atoms with E-state index in [1.807, 2.05) is 19.1 Å². The molecule has 6 heteroatoms. The highest BCUT2D eigenvalue weighted by Crippen LogP contribution is 2.22. The summed E-state index contributed by atoms with van der Waals surface area (Å²) in [5.74, 6) is 0.136. The van der Waals surface area contributed by atoms with Crippen molar-refractivity contribution in [3.05, 3.63) is 51.2 Å². The second kappa shape index (κ2) is 7.07. The fraction of sp³-hybridized carbons (Fsp3) is 0.143. The Morgan fingerprint density at radius 1 is 1.40 bits per heavy atom. The van der Waals surface area contributed by atoms with Crippen molar-refractivity contribution in [3.63, 3.8) is 0 Å². The fourth-order valence-corrected chi connectivity index (χ4v) is 2.37. The van der Waals surface area contributed by atoms with Crippen molar-refractivity contribution < 1.29 is 9.53 Å². The van der Waals surface area contributed by atoms with Crippen LogP contribution in [0.5, 0.6) is 5.75 Å². The van der Waals surface area contributed by atoms with E-state index in [9.17, 15) is 4.79 Å². The number of carbonyl (C=O) groups is 1. The molecule has 0 fully saturated rings. The van der Waals surface area contributed by atoms with Gasteiger partial charge in [0, 0.05) is 9.75 Å². The van der Waals surface area contributed by atoms with Gasteiger partial charge in [-0.25, -0.2) is 5.43 Å². The minimum absolute atomic E-state index is 0.134. The number of thiophene rings is 1. The first kappa shape index (κ1) is 14.6. The van der Waals surface area contributed by atoms with Crippen LogP contribution in [0, 0.1) is 6.92 Å². The molecular weight excluding hydrogens is 296 g/mol. The smallest absolute Gasteiger partial charge is 0.277 e. The average molecular weight is 309 g/mol. The summed E-state index contributed by atoms with van der Waals surface area (Å²) in [7, 11) is 0. The van der Waals surface area contributed by atoms with Crippen LogP contribution in [0.15, 0.2) is 41.5 Å². The summed E-state index contributed by atoms with van der Waals surface area (Å²) < 4.78 is 5.29. The van der Waals surface area contributed by atoms with Crippen LogP contribution in [-0.2, 0) is 4.79 Å². The van der Waals surface area contributed by atoms with E-state index in [0.29, 0.717) is 10.8 Å². The Balaban J connectivity index is 1.78. The zero-order chi connectivity index (χ0) is 14.4. The zero-order valence-corrected chi connectivity index (χ0v) is 12.4. The first-order valence-electron chi connectivity index (χ1n) is 5.91. The summed E-state index contributed by atoms with van der Waals surface area (Å²) in [6, 6.07) is 10.9. The van der Waals surface area contributed by atoms with Crippen LogP contribution in [0.1, 0.15) is 9.75 Å². The van der Waals surface area contributed by atoms with Crippen LogP contribution in [0.4, 0.5) is 0 Å². The van der Waals surface area contributed by atoms with Crippen molar-refractivity contribution in [2.75, 3.05) is 6.61 Å². The van der Waals surface area contributed by atoms with Gasteiger partial charge in [0.15, 0.2) is 6.61 Å². The molecule has 0 aliphatic rings. The highest BCUT2D eigenvalue weighted by Gasteiger charge is 2.04. The second-order valence-electron chi connectivity index (χ2n) is 3.96. The van der Waals surface area contributed by atoms with Crippen LogP contribution < -0.4 is 10.2 Å². The summed E-state index contributed by atoms with van der Waals surface area (Å²) >= 11 is 7.51. The molecular formula is C14H13ClN2O2S. The maximum absolute atomic E-state index is 11.5. The predicted octanol–water partition coefficient (Wildman–Crippen LogP) is 3.24. The van der Waals surface area contributed by atoms with Crippen molar-refractivity contribution >= 4 is 35.1 Å². The highest BCUT2D eigenvalue weighted by atomic mass is 35.5. The molecule has 0 radical (unpaired) electrons. The van der Waals surface area contributed by atoms with E-state index in [2.05, 4.69) is 10.5 Å². The van der Waals surface area contributed by atoms with Gasteiger partial charge in [-0.1, -0.05) is 23.7 Å². The lowest BCUT2D eigenvalue weighted by Crippen LogP contribution is -2.24. The largest absolute Gasteiger partial charge is 0.482 e. The molecule has 4 nitrogen and oxygen atoms in total. The number of carbonyl (C=O) groups excluding carboxylic acids is 1. The molecule has 0 aliphatic carbocycles. The van der Waals surface area contributed by atoms with Gasteiger partial charge in [-0.05, 0) is 31.2 Å². The number of rotatable bonds is 5. The number of amides is 1. The van der Waals surface area contributed by atoms with E-state index in [4.69, 9.17) is 16.3 Å². The number of hydrogen-bond donors (Lipinski definition) is 1. The molecule has 2 rings (SSSR count). The molecule has 1 N–H and O–H groups in total. The van der Waals surface area contributed by atoms with Gasteiger partial charge < -0.3 is 4.74 Å². The van der Waals surface area contributed by atoms with Gasteiger partial charge in [-0.2, -0.15) is 5.10 Å². The summed E-state index contributed by atoms with van der Waals surface area (Å²) in [6.07, 6.45) is 1.60. The third kappa shape index (κ3) is 4.36. The lowest BCUT2D eigenvalue weighted by atomic mass is 10.3. The third-order valence-corrected chi connectivity index (χ3v) is 3.59. The standard InChI is InChI=1S/C14H13ClN2O2S/c1-10-6-7-11(20-10)8-16-17-14(18)9-19-13-5-3-2-4-12(13)15/h2-8H,9H2,1H3,(H,17,18). The molecule has 0 aliphatic heterocycles. The number of hydrogen-bond acceptors (Lipinski definition) is 4. The number of hydrazone groups is 1. The van der Waals surface area contributed by atoms with E-state index in [0.717, 1.165) is 4.88 Å². The molecule has 104 valence electrons. The van der Waals surface area contributed by atoms with Crippen molar-refractivity contribution in [1.29, 1.82) is 0 Å². The molecule has 0 unspecified atom stereocenters. The number of nitrogens with one attached hydrogen (secondary N) is 1. The Morgan fingerprint density at radius 3 is 2.90 bits per heavy atom. The lowest BCUT2D eigenvalue weighted by Gasteiger charge is -2.06.